The lowest BCUT2D eigenvalue weighted by atomic mass is 10.1. The van der Waals surface area contributed by atoms with Gasteiger partial charge in [-0.2, -0.15) is 0 Å². The molecule has 7 heteroatoms. The third-order valence-corrected chi connectivity index (χ3v) is 2.95. The maximum absolute atomic E-state index is 13.0. The number of benzene rings is 1. The lowest BCUT2D eigenvalue weighted by Gasteiger charge is -2.15. The molecular formula is C16H23F2N3OS. The molecule has 0 fully saturated rings. The fourth-order valence-electron chi connectivity index (χ4n) is 1.76. The van der Waals surface area contributed by atoms with Crippen LogP contribution in [0.25, 0.3) is 11.3 Å². The molecule has 0 amide bonds. The number of anilines is 1. The van der Waals surface area contributed by atoms with Crippen LogP contribution in [0.15, 0.2) is 24.3 Å². The van der Waals surface area contributed by atoms with E-state index in [2.05, 4.69) is 22.8 Å². The molecule has 0 spiro atoms. The standard InChI is InChI=1S/C13H14FN3OS.C2H6.CH3F/c1-8-11(7-18)12(16-13(15-8)17(2)19)9-3-5-10(14)6-4-9;2*1-2/h3-6,18-19H,7H2,1-2H3;1-2H3;1H3. The van der Waals surface area contributed by atoms with Crippen molar-refractivity contribution in [2.45, 2.75) is 27.4 Å². The van der Waals surface area contributed by atoms with E-state index >= 15 is 0 Å². The summed E-state index contributed by atoms with van der Waals surface area (Å²) in [5.74, 6) is 0.115. The van der Waals surface area contributed by atoms with Crippen LogP contribution in [0.4, 0.5) is 14.7 Å². The van der Waals surface area contributed by atoms with Crippen molar-refractivity contribution < 1.29 is 13.9 Å². The molecule has 0 aliphatic rings. The number of alkyl halides is 1. The average molecular weight is 343 g/mol. The number of aromatic nitrogens is 2. The average Bonchev–Trinajstić information content (AvgIpc) is 2.58. The first kappa shape index (κ1) is 21.3. The topological polar surface area (TPSA) is 49.2 Å². The van der Waals surface area contributed by atoms with E-state index in [1.165, 1.54) is 16.4 Å². The Kier molecular flexibility index (Phi) is 10.1. The fourth-order valence-corrected chi connectivity index (χ4v) is 1.85. The van der Waals surface area contributed by atoms with Gasteiger partial charge in [0, 0.05) is 23.9 Å². The van der Waals surface area contributed by atoms with Crippen molar-refractivity contribution in [3.05, 3.63) is 41.3 Å². The van der Waals surface area contributed by atoms with Crippen molar-refractivity contribution in [2.24, 2.45) is 0 Å². The summed E-state index contributed by atoms with van der Waals surface area (Å²) in [5.41, 5.74) is 2.62. The van der Waals surface area contributed by atoms with Gasteiger partial charge in [-0.05, 0) is 31.2 Å². The minimum Gasteiger partial charge on any atom is -0.392 e. The Morgan fingerprint density at radius 3 is 2.09 bits per heavy atom. The van der Waals surface area contributed by atoms with Crippen LogP contribution in [-0.4, -0.2) is 29.3 Å². The molecule has 4 nitrogen and oxygen atoms in total. The van der Waals surface area contributed by atoms with Crippen LogP contribution in [-0.2, 0) is 6.61 Å². The molecule has 23 heavy (non-hydrogen) atoms. The molecule has 1 N–H and O–H groups in total. The number of hydrogen-bond acceptors (Lipinski definition) is 5. The SMILES string of the molecule is CC.CF.Cc1nc(N(C)S)nc(-c2ccc(F)cc2)c1CO. The molecule has 0 bridgehead atoms. The second-order valence-corrected chi connectivity index (χ2v) is 4.72. The molecule has 0 saturated heterocycles. The Bertz CT molecular complexity index is 593. The van der Waals surface area contributed by atoms with Crippen LogP contribution in [0.1, 0.15) is 25.1 Å². The number of aliphatic hydroxyl groups excluding tert-OH is 1. The highest BCUT2D eigenvalue weighted by atomic mass is 32.1. The molecule has 0 saturated carbocycles. The third-order valence-electron chi connectivity index (χ3n) is 2.77. The zero-order valence-electron chi connectivity index (χ0n) is 14.0. The van der Waals surface area contributed by atoms with Crippen molar-refractivity contribution in [3.8, 4) is 11.3 Å². The van der Waals surface area contributed by atoms with Gasteiger partial charge in [-0.25, -0.2) is 14.4 Å². The molecule has 0 aliphatic heterocycles. The van der Waals surface area contributed by atoms with E-state index in [9.17, 15) is 13.9 Å². The summed E-state index contributed by atoms with van der Waals surface area (Å²) < 4.78 is 24.0. The van der Waals surface area contributed by atoms with Crippen molar-refractivity contribution in [1.82, 2.24) is 9.97 Å². The number of thiol groups is 1. The number of nitrogens with zero attached hydrogens (tertiary/aromatic N) is 3. The van der Waals surface area contributed by atoms with E-state index in [0.29, 0.717) is 30.1 Å². The Balaban J connectivity index is 0.00000112. The van der Waals surface area contributed by atoms with Crippen molar-refractivity contribution in [3.63, 3.8) is 0 Å². The van der Waals surface area contributed by atoms with Gasteiger partial charge < -0.3 is 5.11 Å². The third kappa shape index (κ3) is 5.76. The lowest BCUT2D eigenvalue weighted by Crippen LogP contribution is -2.10. The fraction of sp³-hybridized carbons (Fsp3) is 0.375. The van der Waals surface area contributed by atoms with Gasteiger partial charge in [0.1, 0.15) is 5.82 Å². The van der Waals surface area contributed by atoms with Gasteiger partial charge in [-0.3, -0.25) is 8.70 Å². The van der Waals surface area contributed by atoms with Crippen LogP contribution < -0.4 is 4.31 Å². The molecule has 2 aromatic rings. The second-order valence-electron chi connectivity index (χ2n) is 4.12. The van der Waals surface area contributed by atoms with Crippen LogP contribution in [0, 0.1) is 12.7 Å². The highest BCUT2D eigenvalue weighted by Gasteiger charge is 2.14. The van der Waals surface area contributed by atoms with Crippen LogP contribution in [0.3, 0.4) is 0 Å². The van der Waals surface area contributed by atoms with E-state index in [1.54, 1.807) is 26.1 Å². The molecule has 2 rings (SSSR count). The summed E-state index contributed by atoms with van der Waals surface area (Å²) >= 11 is 4.16. The number of rotatable bonds is 3. The Hall–Kier alpha value is -1.73. The molecule has 0 aliphatic carbocycles. The van der Waals surface area contributed by atoms with Gasteiger partial charge in [0.2, 0.25) is 5.95 Å². The zero-order chi connectivity index (χ0) is 18.0. The minimum atomic E-state index is -0.313. The first-order valence-electron chi connectivity index (χ1n) is 7.07. The Morgan fingerprint density at radius 1 is 1.13 bits per heavy atom. The van der Waals surface area contributed by atoms with Gasteiger partial charge in [-0.1, -0.05) is 26.7 Å². The maximum Gasteiger partial charge on any atom is 0.235 e. The molecule has 1 heterocycles. The first-order chi connectivity index (χ1) is 11.0. The summed E-state index contributed by atoms with van der Waals surface area (Å²) in [6, 6.07) is 5.97. The molecule has 0 atom stereocenters. The van der Waals surface area contributed by atoms with Gasteiger partial charge >= 0.3 is 0 Å². The number of aryl methyl sites for hydroxylation is 1. The second kappa shape index (κ2) is 10.9. The molecule has 1 aromatic heterocycles. The summed E-state index contributed by atoms with van der Waals surface area (Å²) in [7, 11) is 2.21. The van der Waals surface area contributed by atoms with Crippen molar-refractivity contribution in [1.29, 1.82) is 0 Å². The largest absolute Gasteiger partial charge is 0.392 e. The minimum absolute atomic E-state index is 0.172. The number of hydrogen-bond donors (Lipinski definition) is 2. The van der Waals surface area contributed by atoms with E-state index in [4.69, 9.17) is 0 Å². The first-order valence-corrected chi connectivity index (χ1v) is 7.47. The predicted molar refractivity (Wildman–Crippen MR) is 93.9 cm³/mol. The van der Waals surface area contributed by atoms with Crippen LogP contribution >= 0.6 is 12.8 Å². The van der Waals surface area contributed by atoms with E-state index in [-0.39, 0.29) is 12.4 Å². The Labute approximate surface area is 141 Å². The molecule has 0 radical (unpaired) electrons. The number of aliphatic hydroxyl groups is 1. The predicted octanol–water partition coefficient (Wildman–Crippen LogP) is 3.98. The zero-order valence-corrected chi connectivity index (χ0v) is 14.9. The summed E-state index contributed by atoms with van der Waals surface area (Å²) in [6.07, 6.45) is 0. The van der Waals surface area contributed by atoms with Gasteiger partial charge in [-0.15, -0.1) is 0 Å². The maximum atomic E-state index is 13.0. The van der Waals surface area contributed by atoms with E-state index < -0.39 is 0 Å². The van der Waals surface area contributed by atoms with Crippen LogP contribution in [0.5, 0.6) is 0 Å². The molecular weight excluding hydrogens is 320 g/mol. The van der Waals surface area contributed by atoms with Gasteiger partial charge in [0.05, 0.1) is 19.5 Å². The molecule has 1 aromatic carbocycles. The monoisotopic (exact) mass is 343 g/mol. The van der Waals surface area contributed by atoms with Crippen molar-refractivity contribution in [2.75, 3.05) is 18.5 Å². The normalized spacial score (nSPS) is 9.26. The smallest absolute Gasteiger partial charge is 0.235 e. The van der Waals surface area contributed by atoms with Crippen molar-refractivity contribution >= 4 is 18.8 Å². The summed E-state index contributed by atoms with van der Waals surface area (Å²) in [4.78, 5) is 8.61. The number of halogens is 2. The quantitative estimate of drug-likeness (QED) is 0.828. The molecule has 0 unspecified atom stereocenters. The summed E-state index contributed by atoms with van der Waals surface area (Å²) in [6.45, 7) is 5.62. The lowest BCUT2D eigenvalue weighted by molar-refractivity contribution is 0.280. The highest BCUT2D eigenvalue weighted by molar-refractivity contribution is 7.81. The van der Waals surface area contributed by atoms with Crippen LogP contribution in [0.2, 0.25) is 0 Å². The van der Waals surface area contributed by atoms with Gasteiger partial charge in [0.25, 0.3) is 0 Å². The van der Waals surface area contributed by atoms with Gasteiger partial charge in [0.15, 0.2) is 0 Å². The van der Waals surface area contributed by atoms with E-state index in [0.717, 1.165) is 5.56 Å². The molecule has 128 valence electrons. The van der Waals surface area contributed by atoms with E-state index in [1.807, 2.05) is 13.8 Å². The summed E-state index contributed by atoms with van der Waals surface area (Å²) in [5, 5.41) is 9.46. The highest BCUT2D eigenvalue weighted by Crippen LogP contribution is 2.26. The Morgan fingerprint density at radius 2 is 1.65 bits per heavy atom.